The van der Waals surface area contributed by atoms with Crippen LogP contribution in [0.3, 0.4) is 0 Å². The van der Waals surface area contributed by atoms with Gasteiger partial charge in [0.15, 0.2) is 0 Å². The van der Waals surface area contributed by atoms with Crippen LogP contribution in [0.4, 0.5) is 10.2 Å². The minimum atomic E-state index is -0.360. The van der Waals surface area contributed by atoms with E-state index < -0.39 is 0 Å². The highest BCUT2D eigenvalue weighted by molar-refractivity contribution is 5.99. The molecule has 2 aromatic rings. The van der Waals surface area contributed by atoms with Crippen molar-refractivity contribution in [3.8, 4) is 5.75 Å². The zero-order valence-electron chi connectivity index (χ0n) is 14.8. The summed E-state index contributed by atoms with van der Waals surface area (Å²) in [5, 5.41) is 2.97. The molecule has 2 heterocycles. The van der Waals surface area contributed by atoms with Crippen molar-refractivity contribution in [3.05, 3.63) is 54.0 Å². The highest BCUT2D eigenvalue weighted by Gasteiger charge is 2.30. The summed E-state index contributed by atoms with van der Waals surface area (Å²) >= 11 is 0. The topological polar surface area (TPSA) is 63.7 Å². The van der Waals surface area contributed by atoms with E-state index in [0.29, 0.717) is 36.8 Å². The van der Waals surface area contributed by atoms with E-state index in [1.165, 1.54) is 12.1 Å². The molecule has 138 valence electrons. The van der Waals surface area contributed by atoms with Crippen molar-refractivity contribution in [1.82, 2.24) is 10.3 Å². The van der Waals surface area contributed by atoms with Crippen LogP contribution in [0.15, 0.2) is 42.6 Å². The second kappa shape index (κ2) is 8.14. The summed E-state index contributed by atoms with van der Waals surface area (Å²) in [4.78, 5) is 18.8. The number of halogens is 1. The van der Waals surface area contributed by atoms with Gasteiger partial charge in [-0.1, -0.05) is 6.07 Å². The lowest BCUT2D eigenvalue weighted by Gasteiger charge is -2.32. The molecule has 3 rings (SSSR count). The Morgan fingerprint density at radius 3 is 2.96 bits per heavy atom. The summed E-state index contributed by atoms with van der Waals surface area (Å²) in [5.74, 6) is 0.419. The zero-order valence-corrected chi connectivity index (χ0v) is 14.8. The van der Waals surface area contributed by atoms with Crippen LogP contribution in [0.5, 0.6) is 5.75 Å². The Balaban J connectivity index is 1.73. The SMILES string of the molecule is CN(C)c1ncccc1C(=O)N[C@@H]1COCC[C@@H]1Oc1cccc(F)c1. The predicted molar refractivity (Wildman–Crippen MR) is 96.1 cm³/mol. The standard InChI is InChI=1S/C19H22FN3O3/c1-23(2)18-15(7-4-9-21-18)19(24)22-16-12-25-10-8-17(16)26-14-6-3-5-13(20)11-14/h3-7,9,11,16-17H,8,10,12H2,1-2H3,(H,22,24)/t16-,17+/m1/s1. The van der Waals surface area contributed by atoms with E-state index in [2.05, 4.69) is 10.3 Å². The van der Waals surface area contributed by atoms with Gasteiger partial charge < -0.3 is 19.7 Å². The molecule has 0 bridgehead atoms. The van der Waals surface area contributed by atoms with Crippen LogP contribution in [-0.4, -0.2) is 50.3 Å². The fourth-order valence-corrected chi connectivity index (χ4v) is 2.89. The van der Waals surface area contributed by atoms with Gasteiger partial charge in [-0.2, -0.15) is 0 Å². The van der Waals surface area contributed by atoms with Gasteiger partial charge in [0.2, 0.25) is 0 Å². The van der Waals surface area contributed by atoms with Crippen molar-refractivity contribution in [1.29, 1.82) is 0 Å². The minimum Gasteiger partial charge on any atom is -0.488 e. The van der Waals surface area contributed by atoms with E-state index in [4.69, 9.17) is 9.47 Å². The first-order valence-electron chi connectivity index (χ1n) is 8.48. The lowest BCUT2D eigenvalue weighted by atomic mass is 10.1. The second-order valence-electron chi connectivity index (χ2n) is 6.33. The summed E-state index contributed by atoms with van der Waals surface area (Å²) in [6.45, 7) is 0.867. The number of nitrogens with one attached hydrogen (secondary N) is 1. The van der Waals surface area contributed by atoms with Crippen LogP contribution in [-0.2, 0) is 4.74 Å². The van der Waals surface area contributed by atoms with Crippen LogP contribution in [0.25, 0.3) is 0 Å². The van der Waals surface area contributed by atoms with E-state index >= 15 is 0 Å². The molecule has 0 unspecified atom stereocenters. The number of carbonyl (C=O) groups excluding carboxylic acids is 1. The first kappa shape index (κ1) is 18.1. The molecular weight excluding hydrogens is 337 g/mol. The van der Waals surface area contributed by atoms with Crippen molar-refractivity contribution in [2.75, 3.05) is 32.2 Å². The van der Waals surface area contributed by atoms with Crippen LogP contribution in [0, 0.1) is 5.82 Å². The first-order chi connectivity index (χ1) is 12.5. The number of pyridine rings is 1. The van der Waals surface area contributed by atoms with E-state index in [1.807, 2.05) is 14.1 Å². The van der Waals surface area contributed by atoms with Crippen molar-refractivity contribution in [2.45, 2.75) is 18.6 Å². The minimum absolute atomic E-state index is 0.245. The summed E-state index contributed by atoms with van der Waals surface area (Å²) in [5.41, 5.74) is 0.479. The molecule has 6 nitrogen and oxygen atoms in total. The molecule has 1 aromatic heterocycles. The van der Waals surface area contributed by atoms with Gasteiger partial charge in [-0.3, -0.25) is 4.79 Å². The molecule has 0 saturated carbocycles. The van der Waals surface area contributed by atoms with Crippen molar-refractivity contribution < 1.29 is 18.7 Å². The third-order valence-corrected chi connectivity index (χ3v) is 4.15. The Kier molecular flexibility index (Phi) is 5.68. The van der Waals surface area contributed by atoms with E-state index in [9.17, 15) is 9.18 Å². The Hall–Kier alpha value is -2.67. The molecule has 1 amide bonds. The number of benzene rings is 1. The fraction of sp³-hybridized carbons (Fsp3) is 0.368. The summed E-state index contributed by atoms with van der Waals surface area (Å²) in [6, 6.07) is 9.10. The molecule has 1 aliphatic heterocycles. The average molecular weight is 359 g/mol. The summed E-state index contributed by atoms with van der Waals surface area (Å²) < 4.78 is 24.8. The second-order valence-corrected chi connectivity index (χ2v) is 6.33. The quantitative estimate of drug-likeness (QED) is 0.887. The normalized spacial score (nSPS) is 19.7. The average Bonchev–Trinajstić information content (AvgIpc) is 2.63. The molecule has 7 heteroatoms. The molecule has 0 aliphatic carbocycles. The number of ether oxygens (including phenoxy) is 2. The van der Waals surface area contributed by atoms with Crippen LogP contribution < -0.4 is 15.0 Å². The maximum absolute atomic E-state index is 13.4. The highest BCUT2D eigenvalue weighted by atomic mass is 19.1. The molecule has 1 fully saturated rings. The summed E-state index contributed by atoms with van der Waals surface area (Å²) in [7, 11) is 3.66. The Morgan fingerprint density at radius 2 is 2.19 bits per heavy atom. The number of aromatic nitrogens is 1. The molecular formula is C19H22FN3O3. The smallest absolute Gasteiger partial charge is 0.255 e. The largest absolute Gasteiger partial charge is 0.488 e. The van der Waals surface area contributed by atoms with Gasteiger partial charge in [0, 0.05) is 32.8 Å². The van der Waals surface area contributed by atoms with Gasteiger partial charge in [0.25, 0.3) is 5.91 Å². The Labute approximate surface area is 151 Å². The Bertz CT molecular complexity index is 769. The van der Waals surface area contributed by atoms with Crippen LogP contribution in [0.1, 0.15) is 16.8 Å². The number of anilines is 1. The number of rotatable bonds is 5. The van der Waals surface area contributed by atoms with Gasteiger partial charge in [0.1, 0.15) is 23.5 Å². The van der Waals surface area contributed by atoms with Gasteiger partial charge in [-0.25, -0.2) is 9.37 Å². The lowest BCUT2D eigenvalue weighted by molar-refractivity contribution is -0.00297. The molecule has 1 N–H and O–H groups in total. The highest BCUT2D eigenvalue weighted by Crippen LogP contribution is 2.20. The maximum atomic E-state index is 13.4. The van der Waals surface area contributed by atoms with E-state index in [-0.39, 0.29) is 23.9 Å². The van der Waals surface area contributed by atoms with Crippen molar-refractivity contribution in [2.24, 2.45) is 0 Å². The Morgan fingerprint density at radius 1 is 1.35 bits per heavy atom. The van der Waals surface area contributed by atoms with Crippen LogP contribution >= 0.6 is 0 Å². The molecule has 1 saturated heterocycles. The number of amides is 1. The number of carbonyl (C=O) groups is 1. The molecule has 0 spiro atoms. The van der Waals surface area contributed by atoms with Gasteiger partial charge >= 0.3 is 0 Å². The number of hydrogen-bond acceptors (Lipinski definition) is 5. The van der Waals surface area contributed by atoms with Crippen molar-refractivity contribution in [3.63, 3.8) is 0 Å². The van der Waals surface area contributed by atoms with Crippen molar-refractivity contribution >= 4 is 11.7 Å². The lowest BCUT2D eigenvalue weighted by Crippen LogP contribution is -2.52. The number of nitrogens with zero attached hydrogens (tertiary/aromatic N) is 2. The van der Waals surface area contributed by atoms with Crippen LogP contribution in [0.2, 0.25) is 0 Å². The summed E-state index contributed by atoms with van der Waals surface area (Å²) in [6.07, 6.45) is 1.95. The molecule has 0 radical (unpaired) electrons. The van der Waals surface area contributed by atoms with E-state index in [1.54, 1.807) is 35.4 Å². The molecule has 26 heavy (non-hydrogen) atoms. The van der Waals surface area contributed by atoms with Gasteiger partial charge in [0.05, 0.1) is 24.8 Å². The molecule has 1 aromatic carbocycles. The maximum Gasteiger partial charge on any atom is 0.255 e. The van der Waals surface area contributed by atoms with Gasteiger partial charge in [-0.05, 0) is 24.3 Å². The first-order valence-corrected chi connectivity index (χ1v) is 8.48. The molecule has 1 aliphatic rings. The fourth-order valence-electron chi connectivity index (χ4n) is 2.89. The third-order valence-electron chi connectivity index (χ3n) is 4.15. The monoisotopic (exact) mass is 359 g/mol. The number of hydrogen-bond donors (Lipinski definition) is 1. The third kappa shape index (κ3) is 4.29. The predicted octanol–water partition coefficient (Wildman–Crippen LogP) is 2.25. The van der Waals surface area contributed by atoms with Gasteiger partial charge in [-0.15, -0.1) is 0 Å². The van der Waals surface area contributed by atoms with E-state index in [0.717, 1.165) is 0 Å². The zero-order chi connectivity index (χ0) is 18.5. The molecule has 2 atom stereocenters.